The topological polar surface area (TPSA) is 17.1 Å². The van der Waals surface area contributed by atoms with Gasteiger partial charge in [-0.1, -0.05) is 60.7 Å². The van der Waals surface area contributed by atoms with Crippen molar-refractivity contribution in [1.82, 2.24) is 0 Å². The summed E-state index contributed by atoms with van der Waals surface area (Å²) < 4.78 is 38.0. The van der Waals surface area contributed by atoms with Crippen molar-refractivity contribution in [3.05, 3.63) is 60.7 Å². The van der Waals surface area contributed by atoms with Gasteiger partial charge in [-0.3, -0.25) is 0 Å². The van der Waals surface area contributed by atoms with Gasteiger partial charge in [0.25, 0.3) is 0 Å². The lowest BCUT2D eigenvalue weighted by atomic mass is 10.3. The lowest BCUT2D eigenvalue weighted by Gasteiger charge is -2.19. The number of halogens is 2. The van der Waals surface area contributed by atoms with Crippen molar-refractivity contribution in [2.45, 2.75) is 19.3 Å². The Kier molecular flexibility index (Phi) is 5.08. The van der Waals surface area contributed by atoms with Crippen LogP contribution in [0.4, 0.5) is 8.78 Å². The lowest BCUT2D eigenvalue weighted by Crippen LogP contribution is -2.18. The molecule has 0 heterocycles. The molecule has 1 nitrogen and oxygen atoms in total. The van der Waals surface area contributed by atoms with E-state index in [-0.39, 0.29) is 19.0 Å². The molecule has 2 aromatic rings. The van der Waals surface area contributed by atoms with Crippen LogP contribution < -0.4 is 10.6 Å². The molecule has 0 aliphatic carbocycles. The molecule has 0 aliphatic rings. The molecular weight excluding hydrogens is 277 g/mol. The second kappa shape index (κ2) is 6.81. The van der Waals surface area contributed by atoms with Gasteiger partial charge >= 0.3 is 0 Å². The van der Waals surface area contributed by atoms with Crippen molar-refractivity contribution in [3.8, 4) is 0 Å². The van der Waals surface area contributed by atoms with E-state index in [4.69, 9.17) is 0 Å². The average molecular weight is 294 g/mol. The molecule has 0 aliphatic heterocycles. The van der Waals surface area contributed by atoms with Crippen LogP contribution in [0.2, 0.25) is 0 Å². The molecule has 0 spiro atoms. The summed E-state index contributed by atoms with van der Waals surface area (Å²) in [6.07, 6.45) is -2.00. The van der Waals surface area contributed by atoms with Crippen molar-refractivity contribution in [2.24, 2.45) is 0 Å². The third-order valence-corrected chi connectivity index (χ3v) is 6.45. The van der Waals surface area contributed by atoms with E-state index in [1.165, 1.54) is 0 Å². The molecule has 20 heavy (non-hydrogen) atoms. The molecule has 0 radical (unpaired) electrons. The number of benzene rings is 2. The van der Waals surface area contributed by atoms with Gasteiger partial charge < -0.3 is 4.57 Å². The van der Waals surface area contributed by atoms with Gasteiger partial charge in [0.1, 0.15) is 7.14 Å². The van der Waals surface area contributed by atoms with E-state index in [9.17, 15) is 13.3 Å². The molecule has 106 valence electrons. The standard InChI is InChI=1S/C16H17F2OP/c17-16(18)12-7-13-20(19,14-8-3-1-4-9-14)15-10-5-2-6-11-15/h1-6,8-11,16H,7,12-13H2. The van der Waals surface area contributed by atoms with Crippen LogP contribution in [0.3, 0.4) is 0 Å². The predicted octanol–water partition coefficient (Wildman–Crippen LogP) is 4.05. The zero-order valence-corrected chi connectivity index (χ0v) is 12.0. The molecular formula is C16H17F2OP. The molecule has 2 rings (SSSR count). The molecule has 2 aromatic carbocycles. The van der Waals surface area contributed by atoms with Crippen molar-refractivity contribution in [1.29, 1.82) is 0 Å². The maximum absolute atomic E-state index is 13.4. The zero-order valence-electron chi connectivity index (χ0n) is 11.1. The first-order valence-electron chi connectivity index (χ1n) is 6.61. The highest BCUT2D eigenvalue weighted by Crippen LogP contribution is 2.44. The minimum Gasteiger partial charge on any atom is -0.314 e. The van der Waals surface area contributed by atoms with E-state index in [1.54, 1.807) is 0 Å². The molecule has 0 amide bonds. The summed E-state index contributed by atoms with van der Waals surface area (Å²) in [7, 11) is -2.81. The fourth-order valence-electron chi connectivity index (χ4n) is 2.21. The predicted molar refractivity (Wildman–Crippen MR) is 79.9 cm³/mol. The highest BCUT2D eigenvalue weighted by atomic mass is 31.2. The summed E-state index contributed by atoms with van der Waals surface area (Å²) in [5, 5.41) is 1.47. The van der Waals surface area contributed by atoms with Crippen LogP contribution in [0.5, 0.6) is 0 Å². The second-order valence-electron chi connectivity index (χ2n) is 4.67. The van der Waals surface area contributed by atoms with Gasteiger partial charge in [-0.05, 0) is 6.42 Å². The largest absolute Gasteiger partial charge is 0.314 e. The smallest absolute Gasteiger partial charge is 0.238 e. The number of rotatable bonds is 6. The van der Waals surface area contributed by atoms with E-state index in [0.29, 0.717) is 0 Å². The van der Waals surface area contributed by atoms with Crippen LogP contribution >= 0.6 is 7.14 Å². The fraction of sp³-hybridized carbons (Fsp3) is 0.250. The molecule has 0 fully saturated rings. The first-order valence-corrected chi connectivity index (χ1v) is 8.50. The van der Waals surface area contributed by atoms with Crippen molar-refractivity contribution in [2.75, 3.05) is 6.16 Å². The number of alkyl halides is 2. The van der Waals surface area contributed by atoms with Crippen LogP contribution in [0.15, 0.2) is 60.7 Å². The Bertz CT molecular complexity index is 526. The Hall–Kier alpha value is -1.47. The molecule has 0 atom stereocenters. The van der Waals surface area contributed by atoms with Crippen LogP contribution in [-0.4, -0.2) is 12.6 Å². The van der Waals surface area contributed by atoms with E-state index in [0.717, 1.165) is 10.6 Å². The number of hydrogen-bond donors (Lipinski definition) is 0. The van der Waals surface area contributed by atoms with Gasteiger partial charge in [0.05, 0.1) is 0 Å². The van der Waals surface area contributed by atoms with E-state index >= 15 is 0 Å². The third kappa shape index (κ3) is 3.55. The van der Waals surface area contributed by atoms with Gasteiger partial charge in [-0.15, -0.1) is 0 Å². The van der Waals surface area contributed by atoms with Gasteiger partial charge in [0, 0.05) is 23.2 Å². The van der Waals surface area contributed by atoms with Gasteiger partial charge in [-0.25, -0.2) is 8.78 Å². The maximum Gasteiger partial charge on any atom is 0.238 e. The van der Waals surface area contributed by atoms with Crippen LogP contribution in [0, 0.1) is 0 Å². The van der Waals surface area contributed by atoms with Crippen molar-refractivity contribution < 1.29 is 13.3 Å². The molecule has 0 unspecified atom stereocenters. The van der Waals surface area contributed by atoms with E-state index < -0.39 is 13.6 Å². The van der Waals surface area contributed by atoms with E-state index in [2.05, 4.69) is 0 Å². The van der Waals surface area contributed by atoms with Crippen molar-refractivity contribution in [3.63, 3.8) is 0 Å². The third-order valence-electron chi connectivity index (χ3n) is 3.24. The summed E-state index contributed by atoms with van der Waals surface area (Å²) in [5.74, 6) is 0. The van der Waals surface area contributed by atoms with Crippen LogP contribution in [0.25, 0.3) is 0 Å². The second-order valence-corrected chi connectivity index (χ2v) is 7.63. The minimum absolute atomic E-state index is 0.205. The fourth-order valence-corrected chi connectivity index (χ4v) is 4.96. The molecule has 4 heteroatoms. The Labute approximate surface area is 118 Å². The summed E-state index contributed by atoms with van der Waals surface area (Å²) in [6, 6.07) is 18.3. The Morgan fingerprint density at radius 1 is 0.850 bits per heavy atom. The van der Waals surface area contributed by atoms with Crippen LogP contribution in [-0.2, 0) is 4.57 Å². The minimum atomic E-state index is -2.81. The maximum atomic E-state index is 13.4. The Balaban J connectivity index is 2.32. The Morgan fingerprint density at radius 2 is 1.30 bits per heavy atom. The molecule has 0 saturated carbocycles. The number of hydrogen-bond acceptors (Lipinski definition) is 1. The quantitative estimate of drug-likeness (QED) is 0.735. The van der Waals surface area contributed by atoms with Gasteiger partial charge in [-0.2, -0.15) is 0 Å². The molecule has 0 saturated heterocycles. The molecule has 0 N–H and O–H groups in total. The summed E-state index contributed by atoms with van der Waals surface area (Å²) in [6.45, 7) is 0. The van der Waals surface area contributed by atoms with Crippen molar-refractivity contribution >= 4 is 17.8 Å². The van der Waals surface area contributed by atoms with Gasteiger partial charge in [0.2, 0.25) is 6.43 Å². The van der Waals surface area contributed by atoms with Gasteiger partial charge in [0.15, 0.2) is 0 Å². The summed E-state index contributed by atoms with van der Waals surface area (Å²) in [4.78, 5) is 0. The SMILES string of the molecule is O=P(CCCC(F)F)(c1ccccc1)c1ccccc1. The monoisotopic (exact) mass is 294 g/mol. The zero-order chi connectivity index (χ0) is 14.4. The first kappa shape index (κ1) is 14.9. The van der Waals surface area contributed by atoms with Crippen LogP contribution in [0.1, 0.15) is 12.8 Å². The first-order chi connectivity index (χ1) is 9.63. The molecule has 0 aromatic heterocycles. The molecule has 0 bridgehead atoms. The lowest BCUT2D eigenvalue weighted by molar-refractivity contribution is 0.137. The summed E-state index contributed by atoms with van der Waals surface area (Å²) >= 11 is 0. The normalized spacial score (nSPS) is 11.8. The highest BCUT2D eigenvalue weighted by Gasteiger charge is 2.26. The van der Waals surface area contributed by atoms with E-state index in [1.807, 2.05) is 60.7 Å². The Morgan fingerprint density at radius 3 is 1.70 bits per heavy atom. The highest BCUT2D eigenvalue weighted by molar-refractivity contribution is 7.78. The summed E-state index contributed by atoms with van der Waals surface area (Å²) in [5.41, 5.74) is 0. The average Bonchev–Trinajstić information content (AvgIpc) is 2.48.